The molecule has 0 bridgehead atoms. The lowest BCUT2D eigenvalue weighted by Crippen LogP contribution is -2.19. The summed E-state index contributed by atoms with van der Waals surface area (Å²) >= 11 is 1.32. The normalized spacial score (nSPS) is 10.9. The van der Waals surface area contributed by atoms with E-state index in [1.54, 1.807) is 49.1 Å². The molecule has 0 aliphatic heterocycles. The number of ether oxygens (including phenoxy) is 3. The zero-order valence-corrected chi connectivity index (χ0v) is 19.4. The lowest BCUT2D eigenvalue weighted by atomic mass is 10.1. The van der Waals surface area contributed by atoms with Gasteiger partial charge in [0.1, 0.15) is 24.2 Å². The summed E-state index contributed by atoms with van der Waals surface area (Å²) in [6.45, 7) is 0.703. The highest BCUT2D eigenvalue weighted by atomic mass is 32.1. The minimum Gasteiger partial charge on any atom is -0.490 e. The molecule has 0 fully saturated rings. The highest BCUT2D eigenvalue weighted by Crippen LogP contribution is 2.35. The molecule has 2 aromatic carbocycles. The number of aromatic nitrogens is 3. The van der Waals surface area contributed by atoms with Crippen LogP contribution in [0, 0.1) is 11.3 Å². The highest BCUT2D eigenvalue weighted by Gasteiger charge is 2.19. The largest absolute Gasteiger partial charge is 0.490 e. The average Bonchev–Trinajstić information content (AvgIpc) is 3.51. The quantitative estimate of drug-likeness (QED) is 0.307. The van der Waals surface area contributed by atoms with E-state index in [2.05, 4.69) is 21.4 Å². The number of methoxy groups -OCH3 is 1. The van der Waals surface area contributed by atoms with Gasteiger partial charge < -0.3 is 14.2 Å². The maximum Gasteiger partial charge on any atom is 0.335 e. The fraction of sp³-hybridized carbons (Fsp3) is 0.120. The first-order valence-electron chi connectivity index (χ1n) is 10.6. The number of nitrogens with zero attached hydrogens (tertiary/aromatic N) is 4. The Kier molecular flexibility index (Phi) is 6.26. The molecule has 0 aliphatic carbocycles. The number of hydrogen-bond donors (Lipinski definition) is 1. The Morgan fingerprint density at radius 3 is 2.80 bits per heavy atom. The van der Waals surface area contributed by atoms with E-state index in [-0.39, 0.29) is 0 Å². The molecule has 5 rings (SSSR count). The van der Waals surface area contributed by atoms with Gasteiger partial charge in [0.05, 0.1) is 23.2 Å². The third-order valence-electron chi connectivity index (χ3n) is 5.21. The SMILES string of the molecule is COCCOc1cc2nccc(Oc3cc4ccccc4n3C(=O)Nc3nccs3)c2cc1C#N. The van der Waals surface area contributed by atoms with Gasteiger partial charge in [-0.05, 0) is 18.2 Å². The van der Waals surface area contributed by atoms with Crippen molar-refractivity contribution in [1.82, 2.24) is 14.5 Å². The molecule has 3 heterocycles. The molecular formula is C25H19N5O4S. The van der Waals surface area contributed by atoms with Crippen LogP contribution < -0.4 is 14.8 Å². The number of carbonyl (C=O) groups is 1. The fourth-order valence-corrected chi connectivity index (χ4v) is 4.16. The van der Waals surface area contributed by atoms with Gasteiger partial charge in [0.15, 0.2) is 5.13 Å². The zero-order valence-electron chi connectivity index (χ0n) is 18.6. The van der Waals surface area contributed by atoms with Gasteiger partial charge in [0.25, 0.3) is 0 Å². The van der Waals surface area contributed by atoms with Gasteiger partial charge in [0.2, 0.25) is 5.88 Å². The second kappa shape index (κ2) is 9.80. The number of amides is 1. The van der Waals surface area contributed by atoms with E-state index < -0.39 is 6.03 Å². The molecule has 10 heteroatoms. The van der Waals surface area contributed by atoms with Gasteiger partial charge in [-0.15, -0.1) is 11.3 Å². The summed E-state index contributed by atoms with van der Waals surface area (Å²) in [6.07, 6.45) is 3.22. The number of carbonyl (C=O) groups excluding carboxylic acids is 1. The first kappa shape index (κ1) is 22.3. The third-order valence-corrected chi connectivity index (χ3v) is 5.90. The second-order valence-electron chi connectivity index (χ2n) is 7.37. The van der Waals surface area contributed by atoms with Crippen molar-refractivity contribution in [2.24, 2.45) is 0 Å². The van der Waals surface area contributed by atoms with Crippen LogP contribution in [0.25, 0.3) is 21.8 Å². The van der Waals surface area contributed by atoms with E-state index in [0.717, 1.165) is 5.39 Å². The molecule has 0 unspecified atom stereocenters. The standard InChI is InChI=1S/C25H19N5O4S/c1-32-9-10-33-22-14-19-18(12-17(22)15-26)21(6-7-27-19)34-23-13-16-4-2-3-5-20(16)30(23)25(31)29-24-28-8-11-35-24/h2-8,11-14H,9-10H2,1H3,(H,28,29,31). The molecule has 1 amide bonds. The summed E-state index contributed by atoms with van der Waals surface area (Å²) in [6, 6.07) is 16.1. The Morgan fingerprint density at radius 1 is 1.11 bits per heavy atom. The summed E-state index contributed by atoms with van der Waals surface area (Å²) in [5.74, 6) is 1.17. The van der Waals surface area contributed by atoms with Gasteiger partial charge in [-0.1, -0.05) is 18.2 Å². The number of fused-ring (bicyclic) bond motifs is 2. The molecule has 0 saturated heterocycles. The van der Waals surface area contributed by atoms with Gasteiger partial charge in [0, 0.05) is 47.8 Å². The van der Waals surface area contributed by atoms with Crippen LogP contribution >= 0.6 is 11.3 Å². The minimum atomic E-state index is -0.402. The lowest BCUT2D eigenvalue weighted by Gasteiger charge is -2.13. The molecule has 174 valence electrons. The third kappa shape index (κ3) is 4.50. The number of hydrogen-bond acceptors (Lipinski definition) is 8. The lowest BCUT2D eigenvalue weighted by molar-refractivity contribution is 0.146. The van der Waals surface area contributed by atoms with E-state index in [1.807, 2.05) is 24.3 Å². The smallest absolute Gasteiger partial charge is 0.335 e. The number of anilines is 1. The maximum absolute atomic E-state index is 13.2. The van der Waals surface area contributed by atoms with Crippen molar-refractivity contribution < 1.29 is 19.0 Å². The zero-order chi connectivity index (χ0) is 24.2. The van der Waals surface area contributed by atoms with Crippen LogP contribution in [-0.2, 0) is 4.74 Å². The molecule has 3 aromatic heterocycles. The van der Waals surface area contributed by atoms with Crippen molar-refractivity contribution in [2.75, 3.05) is 25.6 Å². The number of rotatable bonds is 7. The number of benzene rings is 2. The first-order valence-corrected chi connectivity index (χ1v) is 11.5. The molecule has 0 aliphatic rings. The summed E-state index contributed by atoms with van der Waals surface area (Å²) in [7, 11) is 1.58. The Bertz CT molecular complexity index is 1560. The van der Waals surface area contributed by atoms with Crippen LogP contribution in [-0.4, -0.2) is 40.9 Å². The van der Waals surface area contributed by atoms with Crippen molar-refractivity contribution >= 4 is 44.3 Å². The van der Waals surface area contributed by atoms with Crippen LogP contribution in [0.3, 0.4) is 0 Å². The summed E-state index contributed by atoms with van der Waals surface area (Å²) < 4.78 is 18.4. The van der Waals surface area contributed by atoms with Crippen LogP contribution in [0.1, 0.15) is 5.56 Å². The van der Waals surface area contributed by atoms with Gasteiger partial charge in [-0.25, -0.2) is 14.3 Å². The van der Waals surface area contributed by atoms with Crippen molar-refractivity contribution in [3.8, 4) is 23.4 Å². The number of para-hydroxylation sites is 1. The molecule has 1 N–H and O–H groups in total. The van der Waals surface area contributed by atoms with Gasteiger partial charge >= 0.3 is 6.03 Å². The Balaban J connectivity index is 1.56. The Hall–Kier alpha value is -4.46. The monoisotopic (exact) mass is 485 g/mol. The van der Waals surface area contributed by atoms with E-state index in [4.69, 9.17) is 14.2 Å². The number of pyridine rings is 1. The van der Waals surface area contributed by atoms with E-state index >= 15 is 0 Å². The summed E-state index contributed by atoms with van der Waals surface area (Å²) in [5.41, 5.74) is 1.61. The highest BCUT2D eigenvalue weighted by molar-refractivity contribution is 7.13. The van der Waals surface area contributed by atoms with Crippen LogP contribution in [0.4, 0.5) is 9.93 Å². The van der Waals surface area contributed by atoms with E-state index in [9.17, 15) is 10.1 Å². The molecule has 0 radical (unpaired) electrons. The van der Waals surface area contributed by atoms with E-state index in [0.29, 0.717) is 57.7 Å². The molecule has 35 heavy (non-hydrogen) atoms. The van der Waals surface area contributed by atoms with Crippen molar-refractivity contribution in [3.63, 3.8) is 0 Å². The minimum absolute atomic E-state index is 0.307. The second-order valence-corrected chi connectivity index (χ2v) is 8.27. The number of nitrogens with one attached hydrogen (secondary N) is 1. The van der Waals surface area contributed by atoms with Crippen molar-refractivity contribution in [2.45, 2.75) is 0 Å². The van der Waals surface area contributed by atoms with Crippen molar-refractivity contribution in [1.29, 1.82) is 5.26 Å². The number of thiazole rings is 1. The summed E-state index contributed by atoms with van der Waals surface area (Å²) in [4.78, 5) is 21.7. The van der Waals surface area contributed by atoms with Crippen LogP contribution in [0.5, 0.6) is 17.4 Å². The summed E-state index contributed by atoms with van der Waals surface area (Å²) in [5, 5.41) is 16.2. The Morgan fingerprint density at radius 2 is 2.00 bits per heavy atom. The van der Waals surface area contributed by atoms with Crippen molar-refractivity contribution in [3.05, 3.63) is 71.9 Å². The van der Waals surface area contributed by atoms with E-state index in [1.165, 1.54) is 15.9 Å². The molecule has 9 nitrogen and oxygen atoms in total. The molecule has 0 spiro atoms. The maximum atomic E-state index is 13.2. The Labute approximate surface area is 204 Å². The van der Waals surface area contributed by atoms with Crippen LogP contribution in [0.15, 0.2) is 66.3 Å². The fourth-order valence-electron chi connectivity index (χ4n) is 3.64. The topological polar surface area (TPSA) is 111 Å². The molecular weight excluding hydrogens is 466 g/mol. The number of nitriles is 1. The predicted molar refractivity (Wildman–Crippen MR) is 132 cm³/mol. The first-order chi connectivity index (χ1) is 17.2. The molecule has 0 saturated carbocycles. The average molecular weight is 486 g/mol. The van der Waals surface area contributed by atoms with Crippen LogP contribution in [0.2, 0.25) is 0 Å². The van der Waals surface area contributed by atoms with Gasteiger partial charge in [-0.2, -0.15) is 5.26 Å². The molecule has 0 atom stereocenters. The van der Waals surface area contributed by atoms with Gasteiger partial charge in [-0.3, -0.25) is 10.3 Å². The predicted octanol–water partition coefficient (Wildman–Crippen LogP) is 5.42. The molecule has 5 aromatic rings.